The molecule has 0 aliphatic heterocycles. The molecule has 0 nitrogen and oxygen atoms in total. The molecule has 0 fully saturated rings. The Labute approximate surface area is 225 Å². The van der Waals surface area contributed by atoms with Crippen molar-refractivity contribution in [1.29, 1.82) is 0 Å². The molecule has 0 unspecified atom stereocenters. The van der Waals surface area contributed by atoms with Crippen LogP contribution in [0.5, 0.6) is 0 Å². The van der Waals surface area contributed by atoms with E-state index in [-0.39, 0.29) is 0 Å². The van der Waals surface area contributed by atoms with Crippen molar-refractivity contribution < 1.29 is 0 Å². The van der Waals surface area contributed by atoms with Crippen molar-refractivity contribution in [1.82, 2.24) is 0 Å². The highest BCUT2D eigenvalue weighted by atomic mass is 32.1. The van der Waals surface area contributed by atoms with Crippen LogP contribution in [-0.2, 0) is 6.42 Å². The SMILES string of the molecule is C1=CCc2sc3cc(-c4c5ccccc5c(-c5ccc6ccccc6c5)c5ccccc45)ccc3c2C=C1. The zero-order valence-corrected chi connectivity index (χ0v) is 21.6. The van der Waals surface area contributed by atoms with E-state index in [2.05, 4.69) is 133 Å². The average Bonchev–Trinajstić information content (AvgIpc) is 3.14. The number of allylic oxidation sites excluding steroid dienone is 3. The van der Waals surface area contributed by atoms with Crippen molar-refractivity contribution in [3.05, 3.63) is 138 Å². The highest BCUT2D eigenvalue weighted by Gasteiger charge is 2.18. The summed E-state index contributed by atoms with van der Waals surface area (Å²) in [5.41, 5.74) is 6.56. The Morgan fingerprint density at radius 3 is 1.82 bits per heavy atom. The number of rotatable bonds is 2. The summed E-state index contributed by atoms with van der Waals surface area (Å²) < 4.78 is 1.36. The van der Waals surface area contributed by atoms with Gasteiger partial charge in [0.2, 0.25) is 0 Å². The lowest BCUT2D eigenvalue weighted by molar-refractivity contribution is 1.35. The number of hydrogen-bond acceptors (Lipinski definition) is 1. The molecule has 0 amide bonds. The molecule has 6 aromatic carbocycles. The Hall–Kier alpha value is -4.46. The Balaban J connectivity index is 1.43. The molecule has 1 aliphatic rings. The van der Waals surface area contributed by atoms with Gasteiger partial charge in [0.05, 0.1) is 0 Å². The summed E-state index contributed by atoms with van der Waals surface area (Å²) in [7, 11) is 0. The fraction of sp³-hybridized carbons (Fsp3) is 0.0270. The predicted molar refractivity (Wildman–Crippen MR) is 167 cm³/mol. The average molecular weight is 501 g/mol. The molecule has 0 radical (unpaired) electrons. The van der Waals surface area contributed by atoms with E-state index in [0.717, 1.165) is 6.42 Å². The van der Waals surface area contributed by atoms with E-state index in [4.69, 9.17) is 0 Å². The van der Waals surface area contributed by atoms with Crippen molar-refractivity contribution in [3.8, 4) is 22.3 Å². The van der Waals surface area contributed by atoms with Gasteiger partial charge in [0, 0.05) is 21.4 Å². The highest BCUT2D eigenvalue weighted by molar-refractivity contribution is 7.19. The molecule has 7 aromatic rings. The first-order valence-electron chi connectivity index (χ1n) is 13.2. The van der Waals surface area contributed by atoms with Crippen LogP contribution < -0.4 is 0 Å². The quantitative estimate of drug-likeness (QED) is 0.207. The van der Waals surface area contributed by atoms with Crippen LogP contribution >= 0.6 is 11.3 Å². The molecule has 8 rings (SSSR count). The maximum atomic E-state index is 2.41. The van der Waals surface area contributed by atoms with Crippen molar-refractivity contribution in [2.75, 3.05) is 0 Å². The molecule has 1 aliphatic carbocycles. The normalized spacial score (nSPS) is 12.9. The van der Waals surface area contributed by atoms with Gasteiger partial charge in [-0.1, -0.05) is 121 Å². The van der Waals surface area contributed by atoms with Crippen LogP contribution in [0.15, 0.2) is 127 Å². The zero-order valence-electron chi connectivity index (χ0n) is 20.8. The molecule has 0 saturated carbocycles. The molecule has 0 saturated heterocycles. The van der Waals surface area contributed by atoms with Gasteiger partial charge in [-0.15, -0.1) is 11.3 Å². The molecular weight excluding hydrogens is 476 g/mol. The zero-order chi connectivity index (χ0) is 25.1. The van der Waals surface area contributed by atoms with E-state index in [0.29, 0.717) is 0 Å². The Kier molecular flexibility index (Phi) is 4.86. The van der Waals surface area contributed by atoms with Gasteiger partial charge in [-0.25, -0.2) is 0 Å². The lowest BCUT2D eigenvalue weighted by Crippen LogP contribution is -1.91. The van der Waals surface area contributed by atoms with E-state index in [1.807, 2.05) is 11.3 Å². The first-order chi connectivity index (χ1) is 18.8. The summed E-state index contributed by atoms with van der Waals surface area (Å²) in [4.78, 5) is 1.45. The van der Waals surface area contributed by atoms with Crippen LogP contribution in [0.25, 0.3) is 70.7 Å². The topological polar surface area (TPSA) is 0 Å². The lowest BCUT2D eigenvalue weighted by atomic mass is 9.85. The molecule has 1 aromatic heterocycles. The van der Waals surface area contributed by atoms with Gasteiger partial charge in [-0.3, -0.25) is 0 Å². The minimum Gasteiger partial charge on any atom is -0.139 e. The summed E-state index contributed by atoms with van der Waals surface area (Å²) in [5, 5.41) is 9.10. The predicted octanol–water partition coefficient (Wildman–Crippen LogP) is 10.8. The maximum Gasteiger partial charge on any atom is 0.0358 e. The third kappa shape index (κ3) is 3.29. The van der Waals surface area contributed by atoms with Crippen LogP contribution in [0.3, 0.4) is 0 Å². The highest BCUT2D eigenvalue weighted by Crippen LogP contribution is 2.45. The summed E-state index contributed by atoms with van der Waals surface area (Å²) in [6, 6.07) is 40.4. The summed E-state index contributed by atoms with van der Waals surface area (Å²) in [5.74, 6) is 0. The number of hydrogen-bond donors (Lipinski definition) is 0. The molecule has 38 heavy (non-hydrogen) atoms. The van der Waals surface area contributed by atoms with Gasteiger partial charge in [0.25, 0.3) is 0 Å². The molecule has 0 N–H and O–H groups in total. The standard InChI is InChI=1S/C37H24S/c1-2-12-28-29-21-20-27(23-35(29)38-34(28)17-3-1)37-32-15-8-6-13-30(32)36(31-14-7-9-16-33(31)37)26-19-18-24-10-4-5-11-25(24)22-26/h1-16,18-23H,17H2. The molecular formula is C37H24S. The minimum atomic E-state index is 1.00. The second-order valence-corrected chi connectivity index (χ2v) is 11.2. The summed E-state index contributed by atoms with van der Waals surface area (Å²) >= 11 is 1.93. The Bertz CT molecular complexity index is 2040. The van der Waals surface area contributed by atoms with Crippen molar-refractivity contribution >= 4 is 59.8 Å². The second kappa shape index (κ2) is 8.55. The Morgan fingerprint density at radius 1 is 0.500 bits per heavy atom. The van der Waals surface area contributed by atoms with Crippen molar-refractivity contribution in [2.24, 2.45) is 0 Å². The van der Waals surface area contributed by atoms with Gasteiger partial charge in [0.1, 0.15) is 0 Å². The van der Waals surface area contributed by atoms with Gasteiger partial charge < -0.3 is 0 Å². The summed E-state index contributed by atoms with van der Waals surface area (Å²) in [6.45, 7) is 0. The molecule has 0 spiro atoms. The van der Waals surface area contributed by atoms with Crippen LogP contribution in [0.2, 0.25) is 0 Å². The second-order valence-electron chi connectivity index (χ2n) is 10.0. The van der Waals surface area contributed by atoms with Crippen molar-refractivity contribution in [3.63, 3.8) is 0 Å². The van der Waals surface area contributed by atoms with Crippen LogP contribution in [-0.4, -0.2) is 0 Å². The van der Waals surface area contributed by atoms with E-state index in [1.165, 1.54) is 75.1 Å². The molecule has 1 heterocycles. The third-order valence-electron chi connectivity index (χ3n) is 7.88. The number of benzene rings is 6. The third-order valence-corrected chi connectivity index (χ3v) is 9.07. The van der Waals surface area contributed by atoms with Gasteiger partial charge in [-0.05, 0) is 72.3 Å². The van der Waals surface area contributed by atoms with Crippen LogP contribution in [0.1, 0.15) is 10.4 Å². The molecule has 0 bridgehead atoms. The van der Waals surface area contributed by atoms with Gasteiger partial charge in [0.15, 0.2) is 0 Å². The largest absolute Gasteiger partial charge is 0.139 e. The molecule has 0 atom stereocenters. The first kappa shape index (κ1) is 21.6. The Morgan fingerprint density at radius 2 is 1.11 bits per heavy atom. The van der Waals surface area contributed by atoms with Gasteiger partial charge >= 0.3 is 0 Å². The van der Waals surface area contributed by atoms with Crippen LogP contribution in [0, 0.1) is 0 Å². The first-order valence-corrected chi connectivity index (χ1v) is 14.0. The van der Waals surface area contributed by atoms with Gasteiger partial charge in [-0.2, -0.15) is 0 Å². The van der Waals surface area contributed by atoms with Crippen molar-refractivity contribution in [2.45, 2.75) is 6.42 Å². The van der Waals surface area contributed by atoms with Crippen LogP contribution in [0.4, 0.5) is 0 Å². The monoisotopic (exact) mass is 500 g/mol. The smallest absolute Gasteiger partial charge is 0.0358 e. The number of thiophene rings is 1. The van der Waals surface area contributed by atoms with E-state index >= 15 is 0 Å². The molecule has 178 valence electrons. The van der Waals surface area contributed by atoms with E-state index in [1.54, 1.807) is 0 Å². The number of fused-ring (bicyclic) bond motifs is 6. The van der Waals surface area contributed by atoms with E-state index in [9.17, 15) is 0 Å². The minimum absolute atomic E-state index is 1.00. The maximum absolute atomic E-state index is 2.41. The fourth-order valence-electron chi connectivity index (χ4n) is 6.16. The molecule has 1 heteroatoms. The lowest BCUT2D eigenvalue weighted by Gasteiger charge is -2.18. The van der Waals surface area contributed by atoms with E-state index < -0.39 is 0 Å². The fourth-order valence-corrected chi connectivity index (χ4v) is 7.36. The summed E-state index contributed by atoms with van der Waals surface area (Å²) in [6.07, 6.45) is 9.84.